The van der Waals surface area contributed by atoms with Crippen molar-refractivity contribution in [3.63, 3.8) is 0 Å². The number of ether oxygens (including phenoxy) is 6. The van der Waals surface area contributed by atoms with E-state index in [9.17, 15) is 39.9 Å². The maximum atomic E-state index is 14.7. The second-order valence-corrected chi connectivity index (χ2v) is 22.4. The summed E-state index contributed by atoms with van der Waals surface area (Å²) in [6.45, 7) is 19.4. The Hall–Kier alpha value is -3.99. The largest absolute Gasteiger partial charge is 0.459 e. The second-order valence-electron chi connectivity index (χ2n) is 22.4. The summed E-state index contributed by atoms with van der Waals surface area (Å²) < 4.78 is 39.2. The molecule has 0 unspecified atom stereocenters. The van der Waals surface area contributed by atoms with Gasteiger partial charge in [-0.25, -0.2) is 9.59 Å². The molecule has 3 aliphatic rings. The van der Waals surface area contributed by atoms with Gasteiger partial charge in [-0.1, -0.05) is 64.1 Å². The zero-order chi connectivity index (χ0) is 56.0. The number of carbonyl (C=O) groups excluding carboxylic acids is 3. The molecule has 3 heterocycles. The smallest absolute Gasteiger partial charge is 0.324 e. The number of benzene rings is 2. The zero-order valence-electron chi connectivity index (χ0n) is 47.2. The molecule has 424 valence electrons. The van der Waals surface area contributed by atoms with Crippen molar-refractivity contribution in [2.24, 2.45) is 17.8 Å². The van der Waals surface area contributed by atoms with Crippen molar-refractivity contribution in [1.29, 1.82) is 0 Å². The quantitative estimate of drug-likeness (QED) is 0.136. The van der Waals surface area contributed by atoms with Gasteiger partial charge in [0, 0.05) is 64.6 Å². The lowest BCUT2D eigenvalue weighted by atomic mass is 9.74. The summed E-state index contributed by atoms with van der Waals surface area (Å²) in [6, 6.07) is 16.1. The minimum atomic E-state index is -1.90. The standard InChI is InChI=1S/C56H91N5O14/c1-16-28-61(52(66)59(13)41-26-22-19-23-27-41)33-56(69)39(8)72-44(31-54(56,10)70-15)74-46-36(5)48(75-50-45(62)42(29-35(4)71-50)60(14)51(65)58(12)40-24-20-18-21-25-40)53(9,67)30-34(3)32-57-38(7)47(63)55(11,68)43(17-2)73-49(64)37(46)6/h18-27,34-39,42-48,50,57,62-63,67-69H,16-17,28-33H2,1-15H3/t34-,35-,36+,37-,38-,39+,42+,43-,44+,45-,46+,47-,48-,50+,53-,54-,55-,56+/m1/s1. The Balaban J connectivity index is 1.55. The topological polar surface area (TPSA) is 233 Å². The van der Waals surface area contributed by atoms with Gasteiger partial charge < -0.3 is 69.1 Å². The minimum Gasteiger partial charge on any atom is -0.459 e. The molecule has 0 aliphatic carbocycles. The van der Waals surface area contributed by atoms with E-state index < -0.39 is 108 Å². The lowest BCUT2D eigenvalue weighted by molar-refractivity contribution is -0.338. The molecule has 2 aromatic carbocycles. The van der Waals surface area contributed by atoms with Gasteiger partial charge in [-0.2, -0.15) is 0 Å². The van der Waals surface area contributed by atoms with Gasteiger partial charge >= 0.3 is 18.0 Å². The van der Waals surface area contributed by atoms with Gasteiger partial charge in [0.25, 0.3) is 0 Å². The molecule has 5 rings (SSSR count). The van der Waals surface area contributed by atoms with E-state index in [1.54, 1.807) is 74.5 Å². The van der Waals surface area contributed by atoms with Crippen molar-refractivity contribution in [3.05, 3.63) is 60.7 Å². The molecule has 2 aromatic rings. The third-order valence-corrected chi connectivity index (χ3v) is 16.4. The van der Waals surface area contributed by atoms with E-state index in [0.29, 0.717) is 24.3 Å². The fraction of sp³-hybridized carbons (Fsp3) is 0.732. The third kappa shape index (κ3) is 13.8. The van der Waals surface area contributed by atoms with Crippen LogP contribution < -0.4 is 15.1 Å². The van der Waals surface area contributed by atoms with E-state index >= 15 is 0 Å². The molecule has 6 N–H and O–H groups in total. The molecule has 19 heteroatoms. The second kappa shape index (κ2) is 25.7. The number of aliphatic hydroxyl groups is 5. The number of nitrogens with one attached hydrogen (secondary N) is 1. The first-order chi connectivity index (χ1) is 35.1. The molecule has 0 saturated carbocycles. The van der Waals surface area contributed by atoms with E-state index in [2.05, 4.69) is 5.32 Å². The van der Waals surface area contributed by atoms with Crippen LogP contribution in [-0.4, -0.2) is 191 Å². The number of hydrogen-bond donors (Lipinski definition) is 6. The van der Waals surface area contributed by atoms with E-state index in [1.165, 1.54) is 28.7 Å². The summed E-state index contributed by atoms with van der Waals surface area (Å²) in [4.78, 5) is 48.9. The monoisotopic (exact) mass is 1060 g/mol. The van der Waals surface area contributed by atoms with E-state index in [4.69, 9.17) is 28.4 Å². The molecule has 0 aromatic heterocycles. The SMILES string of the molecule is CCCN(C[C@]1(O)[C@H](C)O[C@@H](O[C@H]2[C@H](C)[C@@H](O[C@@H]3O[C@H](C)C[C@H](N(C)C(=O)N(C)c4ccccc4)[C@H]3O)[C@](C)(O)C[C@@H](C)CN[C@H](C)[C@@H](O)[C@](C)(O)[C@@H](CC)OC(=O)[C@@H]2C)C[C@@]1(C)OC)C(=O)N(C)c1ccccc1. The highest BCUT2D eigenvalue weighted by Gasteiger charge is 2.60. The van der Waals surface area contributed by atoms with Gasteiger partial charge in [-0.15, -0.1) is 0 Å². The molecule has 18 atom stereocenters. The number of cyclic esters (lactones) is 1. The number of rotatable bonds is 13. The lowest BCUT2D eigenvalue weighted by Gasteiger charge is -2.54. The van der Waals surface area contributed by atoms with E-state index in [0.717, 1.165) is 0 Å². The summed E-state index contributed by atoms with van der Waals surface area (Å²) in [7, 11) is 6.41. The number of anilines is 2. The Morgan fingerprint density at radius 1 is 0.813 bits per heavy atom. The average molecular weight is 1060 g/mol. The molecule has 75 heavy (non-hydrogen) atoms. The Bertz CT molecular complexity index is 2140. The fourth-order valence-corrected chi connectivity index (χ4v) is 11.5. The summed E-state index contributed by atoms with van der Waals surface area (Å²) >= 11 is 0. The van der Waals surface area contributed by atoms with Crippen LogP contribution >= 0.6 is 0 Å². The lowest BCUT2D eigenvalue weighted by Crippen LogP contribution is -2.71. The van der Waals surface area contributed by atoms with E-state index in [-0.39, 0.29) is 56.8 Å². The van der Waals surface area contributed by atoms with Crippen molar-refractivity contribution >= 4 is 29.4 Å². The van der Waals surface area contributed by atoms with Crippen molar-refractivity contribution in [2.45, 2.75) is 198 Å². The fourth-order valence-electron chi connectivity index (χ4n) is 11.5. The normalized spacial score (nSPS) is 38.3. The van der Waals surface area contributed by atoms with Crippen LogP contribution in [0.1, 0.15) is 108 Å². The molecule has 3 aliphatic heterocycles. The molecule has 3 saturated heterocycles. The Morgan fingerprint density at radius 3 is 1.93 bits per heavy atom. The van der Waals surface area contributed by atoms with Gasteiger partial charge in [0.05, 0.1) is 48.5 Å². The molecule has 0 bridgehead atoms. The maximum Gasteiger partial charge on any atom is 0.324 e. The predicted molar refractivity (Wildman–Crippen MR) is 285 cm³/mol. The van der Waals surface area contributed by atoms with Crippen LogP contribution in [0, 0.1) is 17.8 Å². The predicted octanol–water partition coefficient (Wildman–Crippen LogP) is 5.52. The summed E-state index contributed by atoms with van der Waals surface area (Å²) in [5.41, 5.74) is -5.54. The summed E-state index contributed by atoms with van der Waals surface area (Å²) in [6.07, 6.45) is -9.58. The number of carbonyl (C=O) groups is 3. The molecule has 3 fully saturated rings. The van der Waals surface area contributed by atoms with Gasteiger partial charge in [0.15, 0.2) is 12.6 Å². The number of amides is 4. The summed E-state index contributed by atoms with van der Waals surface area (Å²) in [5.74, 6) is -3.20. The number of likely N-dealkylation sites (N-methyl/N-ethyl adjacent to an activating group) is 1. The highest BCUT2D eigenvalue weighted by atomic mass is 16.7. The molecular formula is C56H91N5O14. The van der Waals surface area contributed by atoms with Crippen molar-refractivity contribution in [1.82, 2.24) is 15.1 Å². The zero-order valence-corrected chi connectivity index (χ0v) is 47.2. The Morgan fingerprint density at radius 2 is 1.39 bits per heavy atom. The van der Waals surface area contributed by atoms with Crippen LogP contribution in [0.4, 0.5) is 21.0 Å². The number of aliphatic hydroxyl groups excluding tert-OH is 2. The summed E-state index contributed by atoms with van der Waals surface area (Å²) in [5, 5.41) is 64.8. The van der Waals surface area contributed by atoms with Gasteiger partial charge in [0.1, 0.15) is 35.1 Å². The molecular weight excluding hydrogens is 967 g/mol. The van der Waals surface area contributed by atoms with Crippen LogP contribution in [0.5, 0.6) is 0 Å². The first-order valence-electron chi connectivity index (χ1n) is 26.9. The van der Waals surface area contributed by atoms with E-state index in [1.807, 2.05) is 81.4 Å². The highest BCUT2D eigenvalue weighted by Crippen LogP contribution is 2.44. The highest BCUT2D eigenvalue weighted by molar-refractivity contribution is 5.92. The van der Waals surface area contributed by atoms with Crippen molar-refractivity contribution < 1.29 is 68.3 Å². The first-order valence-corrected chi connectivity index (χ1v) is 26.9. The minimum absolute atomic E-state index is 0.0948. The van der Waals surface area contributed by atoms with Crippen molar-refractivity contribution in [2.75, 3.05) is 57.7 Å². The number of nitrogens with zero attached hydrogens (tertiary/aromatic N) is 4. The third-order valence-electron chi connectivity index (χ3n) is 16.4. The maximum absolute atomic E-state index is 14.7. The number of esters is 1. The molecule has 19 nitrogen and oxygen atoms in total. The number of urea groups is 2. The molecule has 0 spiro atoms. The van der Waals surface area contributed by atoms with Crippen LogP contribution in [0.25, 0.3) is 0 Å². The Kier molecular flexibility index (Phi) is 21.2. The van der Waals surface area contributed by atoms with Crippen molar-refractivity contribution in [3.8, 4) is 0 Å². The molecule has 0 radical (unpaired) electrons. The first kappa shape index (κ1) is 61.9. The van der Waals surface area contributed by atoms with Gasteiger partial charge in [-0.3, -0.25) is 14.6 Å². The number of methoxy groups -OCH3 is 1. The average Bonchev–Trinajstić information content (AvgIpc) is 3.38. The van der Waals surface area contributed by atoms with Crippen LogP contribution in [0.15, 0.2) is 60.7 Å². The van der Waals surface area contributed by atoms with Crippen LogP contribution in [0.3, 0.4) is 0 Å². The van der Waals surface area contributed by atoms with Gasteiger partial charge in [0.2, 0.25) is 0 Å². The molecule has 4 amide bonds. The van der Waals surface area contributed by atoms with Gasteiger partial charge in [-0.05, 0) is 111 Å². The Labute approximate surface area is 445 Å². The number of para-hydroxylation sites is 2. The number of hydrogen-bond acceptors (Lipinski definition) is 15. The van der Waals surface area contributed by atoms with Crippen LogP contribution in [-0.2, 0) is 33.2 Å². The van der Waals surface area contributed by atoms with Crippen LogP contribution in [0.2, 0.25) is 0 Å².